The molecule has 0 N–H and O–H groups in total. The highest BCUT2D eigenvalue weighted by Crippen LogP contribution is 2.35. The van der Waals surface area contributed by atoms with E-state index in [1.807, 2.05) is 49.1 Å². The largest absolute Gasteiger partial charge is 0.263 e. The fraction of sp³-hybridized carbons (Fsp3) is 0. The Bertz CT molecular complexity index is 1720. The molecule has 32 heavy (non-hydrogen) atoms. The van der Waals surface area contributed by atoms with Crippen LogP contribution in [0.4, 0.5) is 0 Å². The van der Waals surface area contributed by atoms with Crippen molar-refractivity contribution in [3.63, 3.8) is 0 Å². The van der Waals surface area contributed by atoms with Gasteiger partial charge in [-0.15, -0.1) is 0 Å². The van der Waals surface area contributed by atoms with E-state index in [0.29, 0.717) is 11.6 Å². The molecule has 6 nitrogen and oxygen atoms in total. The summed E-state index contributed by atoms with van der Waals surface area (Å²) in [7, 11) is 0. The second-order valence-corrected chi connectivity index (χ2v) is 8.10. The zero-order chi connectivity index (χ0) is 20.8. The number of nitrogens with zero attached hydrogens (tertiary/aromatic N) is 6. The molecule has 0 fully saturated rings. The van der Waals surface area contributed by atoms with Gasteiger partial charge >= 0.3 is 0 Å². The Labute approximate surface area is 180 Å². The molecule has 0 amide bonds. The summed E-state index contributed by atoms with van der Waals surface area (Å²) in [5, 5.41) is 8.75. The predicted molar refractivity (Wildman–Crippen MR) is 126 cm³/mol. The molecule has 0 radical (unpaired) electrons. The molecule has 6 heteroatoms. The second kappa shape index (κ2) is 5.56. The third-order valence-electron chi connectivity index (χ3n) is 6.32. The van der Waals surface area contributed by atoms with Crippen molar-refractivity contribution in [1.29, 1.82) is 0 Å². The molecule has 4 aromatic heterocycles. The van der Waals surface area contributed by atoms with Gasteiger partial charge in [-0.2, -0.15) is 0 Å². The van der Waals surface area contributed by atoms with E-state index < -0.39 is 0 Å². The van der Waals surface area contributed by atoms with Gasteiger partial charge in [-0.1, -0.05) is 24.3 Å². The van der Waals surface area contributed by atoms with E-state index in [-0.39, 0.29) is 0 Å². The highest BCUT2D eigenvalue weighted by Gasteiger charge is 2.17. The standard InChI is InChI=1S/C26H12N6/c1-5-17-23-18(6-2-14-10-27-9-13(1)21(14)23)30-25(29-17)26-31-19-7-3-15-11-28-12-16-4-8-20(32-26)24(19)22(15)16/h1-12H. The maximum atomic E-state index is 4.87. The Morgan fingerprint density at radius 1 is 0.344 bits per heavy atom. The van der Waals surface area contributed by atoms with Gasteiger partial charge in [0.2, 0.25) is 0 Å². The van der Waals surface area contributed by atoms with Crippen molar-refractivity contribution in [2.45, 2.75) is 0 Å². The lowest BCUT2D eigenvalue weighted by Crippen LogP contribution is -1.99. The molecule has 0 atom stereocenters. The summed E-state index contributed by atoms with van der Waals surface area (Å²) in [6, 6.07) is 16.3. The van der Waals surface area contributed by atoms with Crippen molar-refractivity contribution in [1.82, 2.24) is 29.9 Å². The average molecular weight is 408 g/mol. The fourth-order valence-corrected chi connectivity index (χ4v) is 4.93. The zero-order valence-corrected chi connectivity index (χ0v) is 16.6. The molecule has 0 aliphatic heterocycles. The number of pyridine rings is 2. The van der Waals surface area contributed by atoms with E-state index in [2.05, 4.69) is 34.2 Å². The Morgan fingerprint density at radius 2 is 0.656 bits per heavy atom. The van der Waals surface area contributed by atoms with Gasteiger partial charge in [0.1, 0.15) is 0 Å². The molecule has 0 aliphatic carbocycles. The molecular formula is C26H12N6. The second-order valence-electron chi connectivity index (χ2n) is 8.10. The first-order valence-corrected chi connectivity index (χ1v) is 10.4. The Morgan fingerprint density at radius 3 is 0.969 bits per heavy atom. The Hall–Kier alpha value is -4.58. The lowest BCUT2D eigenvalue weighted by molar-refractivity contribution is 1.16. The molecule has 0 unspecified atom stereocenters. The lowest BCUT2D eigenvalue weighted by atomic mass is 10.0. The number of hydrogen-bond acceptors (Lipinski definition) is 6. The van der Waals surface area contributed by atoms with Crippen LogP contribution in [0.15, 0.2) is 73.3 Å². The van der Waals surface area contributed by atoms with E-state index in [0.717, 1.165) is 65.2 Å². The fourth-order valence-electron chi connectivity index (χ4n) is 4.93. The summed E-state index contributed by atoms with van der Waals surface area (Å²) in [6.07, 6.45) is 7.53. The summed E-state index contributed by atoms with van der Waals surface area (Å²) in [5.41, 5.74) is 3.53. The minimum Gasteiger partial charge on any atom is -0.263 e. The summed E-state index contributed by atoms with van der Waals surface area (Å²) >= 11 is 0. The molecule has 4 heterocycles. The van der Waals surface area contributed by atoms with Crippen molar-refractivity contribution >= 4 is 65.2 Å². The number of benzene rings is 4. The van der Waals surface area contributed by atoms with Crippen LogP contribution in [0.25, 0.3) is 76.8 Å². The Balaban J connectivity index is 1.46. The minimum absolute atomic E-state index is 0.529. The highest BCUT2D eigenvalue weighted by atomic mass is 15.0. The molecule has 146 valence electrons. The van der Waals surface area contributed by atoms with Crippen LogP contribution in [0.5, 0.6) is 0 Å². The van der Waals surface area contributed by atoms with Gasteiger partial charge in [0, 0.05) is 67.9 Å². The van der Waals surface area contributed by atoms with Gasteiger partial charge < -0.3 is 0 Å². The zero-order valence-electron chi connectivity index (χ0n) is 16.6. The van der Waals surface area contributed by atoms with E-state index in [9.17, 15) is 0 Å². The molecule has 0 spiro atoms. The third kappa shape index (κ3) is 1.98. The molecule has 8 aromatic rings. The quantitative estimate of drug-likeness (QED) is 0.333. The van der Waals surface area contributed by atoms with Crippen LogP contribution in [0.3, 0.4) is 0 Å². The molecule has 4 aromatic carbocycles. The smallest absolute Gasteiger partial charge is 0.198 e. The topological polar surface area (TPSA) is 77.3 Å². The van der Waals surface area contributed by atoms with Crippen LogP contribution in [-0.4, -0.2) is 29.9 Å². The molecule has 0 saturated heterocycles. The summed E-state index contributed by atoms with van der Waals surface area (Å²) in [6.45, 7) is 0. The van der Waals surface area contributed by atoms with Crippen LogP contribution in [-0.2, 0) is 0 Å². The first kappa shape index (κ1) is 16.2. The van der Waals surface area contributed by atoms with Gasteiger partial charge in [-0.3, -0.25) is 9.97 Å². The van der Waals surface area contributed by atoms with Crippen molar-refractivity contribution in [2.24, 2.45) is 0 Å². The SMILES string of the molecule is c1cc2nc(-c3nc4ccc5cncc6ccc(n3)c4c56)nc3ccc4cncc1c4c23. The maximum absolute atomic E-state index is 4.87. The summed E-state index contributed by atoms with van der Waals surface area (Å²) in [4.78, 5) is 28.1. The van der Waals surface area contributed by atoms with Crippen LogP contribution >= 0.6 is 0 Å². The molecule has 0 bridgehead atoms. The number of aromatic nitrogens is 6. The molecule has 0 aliphatic rings. The van der Waals surface area contributed by atoms with E-state index in [1.165, 1.54) is 0 Å². The van der Waals surface area contributed by atoms with E-state index >= 15 is 0 Å². The predicted octanol–water partition coefficient (Wildman–Crippen LogP) is 5.52. The summed E-state index contributed by atoms with van der Waals surface area (Å²) in [5.74, 6) is 1.06. The van der Waals surface area contributed by atoms with E-state index in [1.54, 1.807) is 0 Å². The molecule has 8 rings (SSSR count). The third-order valence-corrected chi connectivity index (χ3v) is 6.32. The Kier molecular flexibility index (Phi) is 2.81. The minimum atomic E-state index is 0.529. The molecular weight excluding hydrogens is 396 g/mol. The van der Waals surface area contributed by atoms with Gasteiger partial charge in [0.15, 0.2) is 11.6 Å². The van der Waals surface area contributed by atoms with Crippen molar-refractivity contribution in [3.05, 3.63) is 73.3 Å². The van der Waals surface area contributed by atoms with Crippen molar-refractivity contribution in [2.75, 3.05) is 0 Å². The van der Waals surface area contributed by atoms with Gasteiger partial charge in [-0.05, 0) is 24.3 Å². The van der Waals surface area contributed by atoms with Crippen LogP contribution < -0.4 is 0 Å². The van der Waals surface area contributed by atoms with Gasteiger partial charge in [-0.25, -0.2) is 19.9 Å². The average Bonchev–Trinajstić information content (AvgIpc) is 2.85. The monoisotopic (exact) mass is 408 g/mol. The van der Waals surface area contributed by atoms with Crippen LogP contribution in [0.2, 0.25) is 0 Å². The maximum Gasteiger partial charge on any atom is 0.198 e. The van der Waals surface area contributed by atoms with E-state index in [4.69, 9.17) is 19.9 Å². The highest BCUT2D eigenvalue weighted by molar-refractivity contribution is 6.22. The van der Waals surface area contributed by atoms with Crippen molar-refractivity contribution < 1.29 is 0 Å². The van der Waals surface area contributed by atoms with Gasteiger partial charge in [0.05, 0.1) is 22.1 Å². The molecule has 0 saturated carbocycles. The van der Waals surface area contributed by atoms with Crippen LogP contribution in [0, 0.1) is 0 Å². The van der Waals surface area contributed by atoms with Gasteiger partial charge in [0.25, 0.3) is 0 Å². The van der Waals surface area contributed by atoms with Crippen molar-refractivity contribution in [3.8, 4) is 11.6 Å². The number of rotatable bonds is 1. The first-order valence-electron chi connectivity index (χ1n) is 10.4. The lowest BCUT2D eigenvalue weighted by Gasteiger charge is -2.12. The normalized spacial score (nSPS) is 12.4. The summed E-state index contributed by atoms with van der Waals surface area (Å²) < 4.78 is 0. The first-order chi connectivity index (χ1) is 15.8. The number of hydrogen-bond donors (Lipinski definition) is 0. The van der Waals surface area contributed by atoms with Crippen LogP contribution in [0.1, 0.15) is 0 Å².